The van der Waals surface area contributed by atoms with Crippen molar-refractivity contribution in [3.63, 3.8) is 0 Å². The summed E-state index contributed by atoms with van der Waals surface area (Å²) in [6.07, 6.45) is 9.05. The van der Waals surface area contributed by atoms with E-state index in [0.29, 0.717) is 13.1 Å². The number of aromatic nitrogens is 2. The van der Waals surface area contributed by atoms with Crippen molar-refractivity contribution in [2.24, 2.45) is 0 Å². The Hall–Kier alpha value is -2.43. The molecule has 1 N–H and O–H groups in total. The van der Waals surface area contributed by atoms with Crippen LogP contribution < -0.4 is 10.2 Å². The molecule has 1 aliphatic rings. The Labute approximate surface area is 118 Å². The number of carbonyl (C=O) groups excluding carboxylic acids is 1. The monoisotopic (exact) mass is 270 g/mol. The molecule has 1 aromatic heterocycles. The number of rotatable bonds is 4. The topological polar surface area (TPSA) is 58.1 Å². The van der Waals surface area contributed by atoms with Crippen molar-refractivity contribution in [2.45, 2.75) is 6.92 Å². The lowest BCUT2D eigenvalue weighted by atomic mass is 10.1. The van der Waals surface area contributed by atoms with E-state index in [0.717, 1.165) is 23.6 Å². The number of amides is 1. The maximum absolute atomic E-state index is 11.4. The molecular weight excluding hydrogens is 252 g/mol. The lowest BCUT2D eigenvalue weighted by Crippen LogP contribution is -2.48. The van der Waals surface area contributed by atoms with Crippen LogP contribution in [0.15, 0.2) is 43.3 Å². The Bertz CT molecular complexity index is 563. The molecule has 5 heteroatoms. The van der Waals surface area contributed by atoms with E-state index in [1.807, 2.05) is 36.1 Å². The summed E-state index contributed by atoms with van der Waals surface area (Å²) in [5.41, 5.74) is 1.83. The molecule has 0 aliphatic carbocycles. The van der Waals surface area contributed by atoms with Gasteiger partial charge >= 0.3 is 0 Å². The fourth-order valence-corrected chi connectivity index (χ4v) is 2.01. The molecule has 1 amide bonds. The van der Waals surface area contributed by atoms with Crippen molar-refractivity contribution in [1.82, 2.24) is 15.3 Å². The van der Waals surface area contributed by atoms with Gasteiger partial charge in [0.25, 0.3) is 0 Å². The maximum atomic E-state index is 11.4. The molecule has 0 saturated carbocycles. The Morgan fingerprint density at radius 1 is 1.50 bits per heavy atom. The molecule has 0 bridgehead atoms. The van der Waals surface area contributed by atoms with Gasteiger partial charge in [-0.2, -0.15) is 0 Å². The quantitative estimate of drug-likeness (QED) is 0.844. The Morgan fingerprint density at radius 3 is 3.05 bits per heavy atom. The van der Waals surface area contributed by atoms with Gasteiger partial charge in [-0.15, -0.1) is 0 Å². The van der Waals surface area contributed by atoms with Crippen LogP contribution in [0.4, 0.5) is 5.82 Å². The third-order valence-electron chi connectivity index (χ3n) is 3.03. The second-order valence-electron chi connectivity index (χ2n) is 4.37. The molecule has 1 aromatic rings. The van der Waals surface area contributed by atoms with Crippen LogP contribution in [0.5, 0.6) is 0 Å². The number of piperazine rings is 1. The zero-order chi connectivity index (χ0) is 14.4. The van der Waals surface area contributed by atoms with Gasteiger partial charge in [0, 0.05) is 19.2 Å². The average Bonchev–Trinajstić information content (AvgIpc) is 2.48. The highest BCUT2D eigenvalue weighted by molar-refractivity contribution is 5.82. The van der Waals surface area contributed by atoms with E-state index in [4.69, 9.17) is 0 Å². The Balaban J connectivity index is 2.25. The molecule has 0 spiro atoms. The van der Waals surface area contributed by atoms with Crippen LogP contribution in [-0.2, 0) is 4.79 Å². The fraction of sp³-hybridized carbons (Fsp3) is 0.267. The number of nitrogens with one attached hydrogen (secondary N) is 1. The van der Waals surface area contributed by atoms with E-state index >= 15 is 0 Å². The van der Waals surface area contributed by atoms with Crippen molar-refractivity contribution in [1.29, 1.82) is 0 Å². The van der Waals surface area contributed by atoms with Crippen LogP contribution in [0.3, 0.4) is 0 Å². The van der Waals surface area contributed by atoms with Crippen LogP contribution >= 0.6 is 0 Å². The highest BCUT2D eigenvalue weighted by Gasteiger charge is 2.17. The summed E-state index contributed by atoms with van der Waals surface area (Å²) in [4.78, 5) is 21.9. The first-order chi connectivity index (χ1) is 9.74. The predicted molar refractivity (Wildman–Crippen MR) is 80.2 cm³/mol. The van der Waals surface area contributed by atoms with Crippen LogP contribution in [-0.4, -0.2) is 35.5 Å². The van der Waals surface area contributed by atoms with E-state index < -0.39 is 0 Å². The molecule has 1 aliphatic heterocycles. The van der Waals surface area contributed by atoms with E-state index in [2.05, 4.69) is 21.9 Å². The molecule has 1 fully saturated rings. The van der Waals surface area contributed by atoms with Gasteiger partial charge in [-0.3, -0.25) is 4.79 Å². The zero-order valence-electron chi connectivity index (χ0n) is 11.5. The Kier molecular flexibility index (Phi) is 4.65. The van der Waals surface area contributed by atoms with Gasteiger partial charge in [0.1, 0.15) is 12.1 Å². The second kappa shape index (κ2) is 6.65. The summed E-state index contributed by atoms with van der Waals surface area (Å²) >= 11 is 0. The van der Waals surface area contributed by atoms with E-state index in [-0.39, 0.29) is 5.91 Å². The lowest BCUT2D eigenvalue weighted by Gasteiger charge is -2.27. The fourth-order valence-electron chi connectivity index (χ4n) is 2.01. The highest BCUT2D eigenvalue weighted by atomic mass is 16.2. The average molecular weight is 270 g/mol. The summed E-state index contributed by atoms with van der Waals surface area (Å²) in [7, 11) is 0. The smallest absolute Gasteiger partial charge is 0.239 e. The third-order valence-corrected chi connectivity index (χ3v) is 3.03. The van der Waals surface area contributed by atoms with Crippen molar-refractivity contribution in [3.8, 4) is 0 Å². The largest absolute Gasteiger partial charge is 0.353 e. The molecular formula is C15H18N4O. The van der Waals surface area contributed by atoms with Gasteiger partial charge in [-0.1, -0.05) is 30.9 Å². The first-order valence-corrected chi connectivity index (χ1v) is 6.54. The van der Waals surface area contributed by atoms with Gasteiger partial charge in [0.2, 0.25) is 5.91 Å². The minimum atomic E-state index is 0.0224. The molecule has 1 saturated heterocycles. The number of hydrogen-bond acceptors (Lipinski definition) is 4. The first kappa shape index (κ1) is 14.0. The maximum Gasteiger partial charge on any atom is 0.239 e. The van der Waals surface area contributed by atoms with Crippen LogP contribution in [0, 0.1) is 0 Å². The van der Waals surface area contributed by atoms with Gasteiger partial charge in [-0.05, 0) is 12.5 Å². The molecule has 20 heavy (non-hydrogen) atoms. The van der Waals surface area contributed by atoms with Gasteiger partial charge in [0.05, 0.1) is 12.2 Å². The minimum absolute atomic E-state index is 0.0224. The Morgan fingerprint density at radius 2 is 2.35 bits per heavy atom. The third kappa shape index (κ3) is 3.32. The van der Waals surface area contributed by atoms with Crippen LogP contribution in [0.2, 0.25) is 0 Å². The SMILES string of the molecule is C=C/C=C\C(=C/C)c1cc(N2CCNC(=O)C2)ncn1. The number of carbonyl (C=O) groups is 1. The van der Waals surface area contributed by atoms with Gasteiger partial charge in [0.15, 0.2) is 0 Å². The van der Waals surface area contributed by atoms with Gasteiger partial charge < -0.3 is 10.2 Å². The van der Waals surface area contributed by atoms with Crippen molar-refractivity contribution >= 4 is 17.3 Å². The summed E-state index contributed by atoms with van der Waals surface area (Å²) in [5.74, 6) is 0.797. The minimum Gasteiger partial charge on any atom is -0.353 e. The van der Waals surface area contributed by atoms with E-state index in [1.54, 1.807) is 6.08 Å². The summed E-state index contributed by atoms with van der Waals surface area (Å²) in [6.45, 7) is 7.36. The summed E-state index contributed by atoms with van der Waals surface area (Å²) in [6, 6.07) is 1.90. The van der Waals surface area contributed by atoms with Crippen molar-refractivity contribution < 1.29 is 4.79 Å². The van der Waals surface area contributed by atoms with E-state index in [9.17, 15) is 4.79 Å². The number of anilines is 1. The van der Waals surface area contributed by atoms with Crippen molar-refractivity contribution in [2.75, 3.05) is 24.5 Å². The second-order valence-corrected chi connectivity index (χ2v) is 4.37. The van der Waals surface area contributed by atoms with Crippen LogP contribution in [0.25, 0.3) is 5.57 Å². The lowest BCUT2D eigenvalue weighted by molar-refractivity contribution is -0.120. The molecule has 0 atom stereocenters. The van der Waals surface area contributed by atoms with Gasteiger partial charge in [-0.25, -0.2) is 9.97 Å². The molecule has 104 valence electrons. The standard InChI is InChI=1S/C15H18N4O/c1-3-5-6-12(4-2)13-9-14(18-11-17-13)19-8-7-16-15(20)10-19/h3-6,9,11H,1,7-8,10H2,2H3,(H,16,20)/b6-5-,12-4+. The highest BCUT2D eigenvalue weighted by Crippen LogP contribution is 2.18. The number of hydrogen-bond donors (Lipinski definition) is 1. The summed E-state index contributed by atoms with van der Waals surface area (Å²) < 4.78 is 0. The number of allylic oxidation sites excluding steroid dienone is 5. The summed E-state index contributed by atoms with van der Waals surface area (Å²) in [5, 5.41) is 2.80. The zero-order valence-corrected chi connectivity index (χ0v) is 11.5. The molecule has 0 radical (unpaired) electrons. The molecule has 2 rings (SSSR count). The van der Waals surface area contributed by atoms with E-state index in [1.165, 1.54) is 6.33 Å². The molecule has 2 heterocycles. The molecule has 5 nitrogen and oxygen atoms in total. The first-order valence-electron chi connectivity index (χ1n) is 6.54. The predicted octanol–water partition coefficient (Wildman–Crippen LogP) is 1.56. The number of nitrogens with zero attached hydrogens (tertiary/aromatic N) is 3. The normalized spacial score (nSPS) is 16.4. The molecule has 0 aromatic carbocycles. The van der Waals surface area contributed by atoms with Crippen molar-refractivity contribution in [3.05, 3.63) is 49.0 Å². The molecule has 0 unspecified atom stereocenters. The van der Waals surface area contributed by atoms with Crippen LogP contribution in [0.1, 0.15) is 12.6 Å².